The standard InChI is InChI=1S/C31H25FNO/c1-18-9-12-24-25-13-14-26(32)29(23-11-10-21-7-5-6-8-22(21)16-23)31(25)34-30(24)28(18)27-15-19(2)20(3)17-33(27)4/h5-17H,1-4H3/q+1. The molecule has 166 valence electrons. The van der Waals surface area contributed by atoms with Gasteiger partial charge in [0.25, 0.3) is 0 Å². The van der Waals surface area contributed by atoms with Crippen molar-refractivity contribution in [2.24, 2.45) is 7.05 Å². The molecule has 0 bridgehead atoms. The second kappa shape index (κ2) is 7.53. The van der Waals surface area contributed by atoms with E-state index in [0.717, 1.165) is 49.5 Å². The summed E-state index contributed by atoms with van der Waals surface area (Å²) in [4.78, 5) is 0. The van der Waals surface area contributed by atoms with Gasteiger partial charge < -0.3 is 4.42 Å². The minimum Gasteiger partial charge on any atom is -0.454 e. The summed E-state index contributed by atoms with van der Waals surface area (Å²) in [6.07, 6.45) is 2.14. The van der Waals surface area contributed by atoms with E-state index >= 15 is 4.39 Å². The SMILES string of the molecule is Cc1cc(-c2c(C)ccc3c2oc2c(-c4ccc5ccccc5c4)c(F)ccc23)[n+](C)cc1C. The van der Waals surface area contributed by atoms with Gasteiger partial charge in [-0.2, -0.15) is 0 Å². The molecule has 0 atom stereocenters. The highest BCUT2D eigenvalue weighted by Gasteiger charge is 2.23. The molecule has 0 N–H and O–H groups in total. The normalized spacial score (nSPS) is 11.7. The van der Waals surface area contributed by atoms with Crippen LogP contribution in [0.25, 0.3) is 55.1 Å². The van der Waals surface area contributed by atoms with Gasteiger partial charge in [-0.3, -0.25) is 0 Å². The van der Waals surface area contributed by atoms with Crippen LogP contribution >= 0.6 is 0 Å². The van der Waals surface area contributed by atoms with Crippen molar-refractivity contribution >= 4 is 32.7 Å². The van der Waals surface area contributed by atoms with Crippen LogP contribution in [0.4, 0.5) is 4.39 Å². The third-order valence-electron chi connectivity index (χ3n) is 7.00. The molecule has 0 fully saturated rings. The summed E-state index contributed by atoms with van der Waals surface area (Å²) in [5, 5.41) is 4.12. The lowest BCUT2D eigenvalue weighted by Crippen LogP contribution is -2.31. The fraction of sp³-hybridized carbons (Fsp3) is 0.129. The first-order valence-electron chi connectivity index (χ1n) is 11.5. The molecule has 2 aromatic heterocycles. The minimum atomic E-state index is -0.281. The number of fused-ring (bicyclic) bond motifs is 4. The number of halogens is 1. The molecular weight excluding hydrogens is 421 g/mol. The number of pyridine rings is 1. The van der Waals surface area contributed by atoms with E-state index in [4.69, 9.17) is 4.42 Å². The van der Waals surface area contributed by atoms with Gasteiger partial charge >= 0.3 is 0 Å². The van der Waals surface area contributed by atoms with E-state index in [1.165, 1.54) is 11.1 Å². The summed E-state index contributed by atoms with van der Waals surface area (Å²) in [6.45, 7) is 6.34. The van der Waals surface area contributed by atoms with Gasteiger partial charge in [0.1, 0.15) is 24.0 Å². The molecule has 0 saturated carbocycles. The lowest BCUT2D eigenvalue weighted by Gasteiger charge is -2.08. The Morgan fingerprint density at radius 2 is 1.38 bits per heavy atom. The lowest BCUT2D eigenvalue weighted by atomic mass is 9.97. The fourth-order valence-corrected chi connectivity index (χ4v) is 5.04. The zero-order valence-corrected chi connectivity index (χ0v) is 19.7. The van der Waals surface area contributed by atoms with Gasteiger partial charge in [-0.15, -0.1) is 0 Å². The molecule has 0 spiro atoms. The Morgan fingerprint density at radius 3 is 2.18 bits per heavy atom. The van der Waals surface area contributed by atoms with Crippen molar-refractivity contribution in [1.29, 1.82) is 0 Å². The molecule has 0 saturated heterocycles. The topological polar surface area (TPSA) is 17.0 Å². The molecule has 6 aromatic rings. The van der Waals surface area contributed by atoms with Crippen LogP contribution in [0, 0.1) is 26.6 Å². The summed E-state index contributed by atoms with van der Waals surface area (Å²) in [5.74, 6) is -0.281. The van der Waals surface area contributed by atoms with Crippen LogP contribution in [0.15, 0.2) is 83.4 Å². The van der Waals surface area contributed by atoms with Gasteiger partial charge in [-0.1, -0.05) is 48.5 Å². The first kappa shape index (κ1) is 20.6. The number of hydrogen-bond acceptors (Lipinski definition) is 1. The second-order valence-electron chi connectivity index (χ2n) is 9.23. The van der Waals surface area contributed by atoms with E-state index in [0.29, 0.717) is 11.1 Å². The smallest absolute Gasteiger partial charge is 0.216 e. The number of aryl methyl sites for hydroxylation is 4. The Kier molecular flexibility index (Phi) is 4.56. The zero-order valence-electron chi connectivity index (χ0n) is 19.7. The van der Waals surface area contributed by atoms with Crippen LogP contribution in [0.2, 0.25) is 0 Å². The molecule has 3 heteroatoms. The van der Waals surface area contributed by atoms with Crippen molar-refractivity contribution in [1.82, 2.24) is 0 Å². The minimum absolute atomic E-state index is 0.281. The Morgan fingerprint density at radius 1 is 0.676 bits per heavy atom. The average molecular weight is 447 g/mol. The van der Waals surface area contributed by atoms with Crippen LogP contribution in [0.3, 0.4) is 0 Å². The van der Waals surface area contributed by atoms with Crippen molar-refractivity contribution in [3.63, 3.8) is 0 Å². The maximum atomic E-state index is 15.3. The molecule has 6 rings (SSSR count). The van der Waals surface area contributed by atoms with Crippen LogP contribution in [-0.2, 0) is 7.05 Å². The molecule has 0 aliphatic rings. The van der Waals surface area contributed by atoms with Gasteiger partial charge in [-0.05, 0) is 66.4 Å². The molecule has 0 amide bonds. The number of benzene rings is 4. The summed E-state index contributed by atoms with van der Waals surface area (Å²) in [6, 6.07) is 24.0. The van der Waals surface area contributed by atoms with Gasteiger partial charge in [0.15, 0.2) is 6.20 Å². The maximum Gasteiger partial charge on any atom is 0.216 e. The summed E-state index contributed by atoms with van der Waals surface area (Å²) >= 11 is 0. The third-order valence-corrected chi connectivity index (χ3v) is 7.00. The zero-order chi connectivity index (χ0) is 23.6. The Balaban J connectivity index is 1.69. The first-order valence-corrected chi connectivity index (χ1v) is 11.5. The van der Waals surface area contributed by atoms with E-state index in [1.54, 1.807) is 6.07 Å². The Bertz CT molecular complexity index is 1760. The fourth-order valence-electron chi connectivity index (χ4n) is 5.04. The molecule has 2 nitrogen and oxygen atoms in total. The summed E-state index contributed by atoms with van der Waals surface area (Å²) in [7, 11) is 2.06. The molecule has 0 radical (unpaired) electrons. The largest absolute Gasteiger partial charge is 0.454 e. The quantitative estimate of drug-likeness (QED) is 0.247. The van der Waals surface area contributed by atoms with E-state index in [2.05, 4.69) is 68.9 Å². The van der Waals surface area contributed by atoms with Gasteiger partial charge in [0, 0.05) is 22.4 Å². The van der Waals surface area contributed by atoms with E-state index in [9.17, 15) is 0 Å². The number of aromatic nitrogens is 1. The highest BCUT2D eigenvalue weighted by atomic mass is 19.1. The van der Waals surface area contributed by atoms with E-state index in [1.807, 2.05) is 36.4 Å². The molecule has 2 heterocycles. The van der Waals surface area contributed by atoms with Crippen molar-refractivity contribution in [3.05, 3.63) is 102 Å². The maximum absolute atomic E-state index is 15.3. The van der Waals surface area contributed by atoms with Crippen molar-refractivity contribution in [2.75, 3.05) is 0 Å². The molecular formula is C31H25FNO+. The molecule has 4 aromatic carbocycles. The molecule has 0 aliphatic heterocycles. The van der Waals surface area contributed by atoms with E-state index in [-0.39, 0.29) is 5.82 Å². The van der Waals surface area contributed by atoms with Crippen molar-refractivity contribution in [3.8, 4) is 22.4 Å². The van der Waals surface area contributed by atoms with E-state index < -0.39 is 0 Å². The van der Waals surface area contributed by atoms with Crippen LogP contribution in [0.5, 0.6) is 0 Å². The predicted octanol–water partition coefficient (Wildman–Crippen LogP) is 7.96. The Hall–Kier alpha value is -3.98. The van der Waals surface area contributed by atoms with Crippen LogP contribution in [0.1, 0.15) is 16.7 Å². The monoisotopic (exact) mass is 446 g/mol. The summed E-state index contributed by atoms with van der Waals surface area (Å²) < 4.78 is 24.0. The number of rotatable bonds is 2. The van der Waals surface area contributed by atoms with Crippen LogP contribution < -0.4 is 4.57 Å². The highest BCUT2D eigenvalue weighted by molar-refractivity contribution is 6.13. The van der Waals surface area contributed by atoms with Crippen molar-refractivity contribution < 1.29 is 13.4 Å². The number of furan rings is 1. The van der Waals surface area contributed by atoms with Gasteiger partial charge in [-0.25, -0.2) is 8.96 Å². The summed E-state index contributed by atoms with van der Waals surface area (Å²) in [5.41, 5.74) is 8.42. The average Bonchev–Trinajstić information content (AvgIpc) is 3.19. The van der Waals surface area contributed by atoms with Crippen molar-refractivity contribution in [2.45, 2.75) is 20.8 Å². The number of nitrogens with zero attached hydrogens (tertiary/aromatic N) is 1. The van der Waals surface area contributed by atoms with Gasteiger partial charge in [0.2, 0.25) is 5.69 Å². The number of hydrogen-bond donors (Lipinski definition) is 0. The lowest BCUT2D eigenvalue weighted by molar-refractivity contribution is -0.660. The molecule has 0 unspecified atom stereocenters. The third kappa shape index (κ3) is 3.04. The highest BCUT2D eigenvalue weighted by Crippen LogP contribution is 2.42. The van der Waals surface area contributed by atoms with Gasteiger partial charge in [0.05, 0.1) is 11.1 Å². The molecule has 0 aliphatic carbocycles. The second-order valence-corrected chi connectivity index (χ2v) is 9.23. The predicted molar refractivity (Wildman–Crippen MR) is 137 cm³/mol. The first-order chi connectivity index (χ1) is 16.4. The Labute approximate surface area is 197 Å². The molecule has 34 heavy (non-hydrogen) atoms. The van der Waals surface area contributed by atoms with Crippen LogP contribution in [-0.4, -0.2) is 0 Å².